The van der Waals surface area contributed by atoms with Crippen LogP contribution in [0.2, 0.25) is 5.15 Å². The molecule has 2 heterocycles. The molecule has 18 heavy (non-hydrogen) atoms. The third-order valence-electron chi connectivity index (χ3n) is 4.68. The number of anilines is 1. The van der Waals surface area contributed by atoms with Gasteiger partial charge in [-0.2, -0.15) is 0 Å². The molecule has 98 valence electrons. The highest BCUT2D eigenvalue weighted by atomic mass is 35.5. The van der Waals surface area contributed by atoms with Crippen LogP contribution >= 0.6 is 11.6 Å². The molecule has 1 aliphatic heterocycles. The van der Waals surface area contributed by atoms with Crippen molar-refractivity contribution < 1.29 is 0 Å². The number of hydrogen-bond acceptors (Lipinski definition) is 3. The lowest BCUT2D eigenvalue weighted by Gasteiger charge is -2.44. The van der Waals surface area contributed by atoms with E-state index in [1.54, 1.807) is 0 Å². The second-order valence-electron chi connectivity index (χ2n) is 5.76. The van der Waals surface area contributed by atoms with Gasteiger partial charge in [0, 0.05) is 13.1 Å². The van der Waals surface area contributed by atoms with Gasteiger partial charge in [-0.05, 0) is 43.2 Å². The highest BCUT2D eigenvalue weighted by molar-refractivity contribution is 6.29. The van der Waals surface area contributed by atoms with Crippen LogP contribution in [0.1, 0.15) is 44.9 Å². The van der Waals surface area contributed by atoms with E-state index in [1.165, 1.54) is 44.9 Å². The molecular weight excluding hydrogens is 246 g/mol. The lowest BCUT2D eigenvalue weighted by atomic mass is 9.68. The highest BCUT2D eigenvalue weighted by Crippen LogP contribution is 2.44. The fraction of sp³-hybridized carbons (Fsp3) is 0.714. The largest absolute Gasteiger partial charge is 0.355 e. The first kappa shape index (κ1) is 12.2. The fourth-order valence-electron chi connectivity index (χ4n) is 3.49. The predicted octanol–water partition coefficient (Wildman–Crippen LogP) is 3.68. The summed E-state index contributed by atoms with van der Waals surface area (Å²) in [6.07, 6.45) is 9.81. The summed E-state index contributed by atoms with van der Waals surface area (Å²) in [5, 5.41) is 8.58. The van der Waals surface area contributed by atoms with Crippen LogP contribution in [-0.2, 0) is 0 Å². The molecule has 0 atom stereocenters. The molecule has 1 aromatic rings. The maximum absolute atomic E-state index is 5.78. The van der Waals surface area contributed by atoms with E-state index in [2.05, 4.69) is 15.1 Å². The number of halogens is 1. The molecule has 0 unspecified atom stereocenters. The molecule has 1 aromatic heterocycles. The summed E-state index contributed by atoms with van der Waals surface area (Å²) in [6, 6.07) is 3.81. The van der Waals surface area contributed by atoms with Crippen LogP contribution in [-0.4, -0.2) is 23.3 Å². The molecule has 4 heteroatoms. The van der Waals surface area contributed by atoms with Crippen molar-refractivity contribution in [3.8, 4) is 0 Å². The fourth-order valence-corrected chi connectivity index (χ4v) is 3.59. The maximum atomic E-state index is 5.78. The third kappa shape index (κ3) is 2.46. The van der Waals surface area contributed by atoms with E-state index in [9.17, 15) is 0 Å². The third-order valence-corrected chi connectivity index (χ3v) is 4.88. The maximum Gasteiger partial charge on any atom is 0.151 e. The van der Waals surface area contributed by atoms with Crippen LogP contribution in [0.25, 0.3) is 0 Å². The van der Waals surface area contributed by atoms with Crippen molar-refractivity contribution in [3.05, 3.63) is 17.3 Å². The van der Waals surface area contributed by atoms with Gasteiger partial charge in [-0.3, -0.25) is 0 Å². The van der Waals surface area contributed by atoms with Crippen molar-refractivity contribution in [2.45, 2.75) is 44.9 Å². The van der Waals surface area contributed by atoms with E-state index in [0.29, 0.717) is 10.6 Å². The van der Waals surface area contributed by atoms with E-state index in [1.807, 2.05) is 12.1 Å². The Labute approximate surface area is 114 Å². The zero-order valence-corrected chi connectivity index (χ0v) is 11.5. The van der Waals surface area contributed by atoms with Gasteiger partial charge < -0.3 is 4.90 Å². The second-order valence-corrected chi connectivity index (χ2v) is 6.15. The van der Waals surface area contributed by atoms with E-state index in [0.717, 1.165) is 18.9 Å². The first-order valence-electron chi connectivity index (χ1n) is 7.02. The molecule has 1 saturated heterocycles. The average Bonchev–Trinajstić information content (AvgIpc) is 2.42. The summed E-state index contributed by atoms with van der Waals surface area (Å²) in [5.74, 6) is 0.977. The molecule has 0 radical (unpaired) electrons. The molecule has 1 saturated carbocycles. The Morgan fingerprint density at radius 1 is 0.944 bits per heavy atom. The van der Waals surface area contributed by atoms with Gasteiger partial charge in [-0.25, -0.2) is 0 Å². The summed E-state index contributed by atoms with van der Waals surface area (Å²) in [5.41, 5.74) is 0.647. The normalized spacial score (nSPS) is 23.3. The Kier molecular flexibility index (Phi) is 3.42. The Balaban J connectivity index is 1.64. The molecular formula is C14H20ClN3. The van der Waals surface area contributed by atoms with Crippen LogP contribution in [0.5, 0.6) is 0 Å². The molecule has 1 spiro atoms. The highest BCUT2D eigenvalue weighted by Gasteiger charge is 2.35. The minimum Gasteiger partial charge on any atom is -0.355 e. The van der Waals surface area contributed by atoms with Crippen LogP contribution in [0.15, 0.2) is 12.1 Å². The zero-order chi connectivity index (χ0) is 12.4. The zero-order valence-electron chi connectivity index (χ0n) is 10.7. The van der Waals surface area contributed by atoms with Gasteiger partial charge in [0.2, 0.25) is 0 Å². The minimum atomic E-state index is 0.472. The van der Waals surface area contributed by atoms with Crippen molar-refractivity contribution in [2.75, 3.05) is 18.0 Å². The van der Waals surface area contributed by atoms with E-state index in [4.69, 9.17) is 11.6 Å². The first-order chi connectivity index (χ1) is 8.77. The quantitative estimate of drug-likeness (QED) is 0.776. The molecule has 0 N–H and O–H groups in total. The van der Waals surface area contributed by atoms with Crippen molar-refractivity contribution in [1.29, 1.82) is 0 Å². The Morgan fingerprint density at radius 2 is 1.67 bits per heavy atom. The Hall–Kier alpha value is -0.830. The van der Waals surface area contributed by atoms with Crippen LogP contribution in [0, 0.1) is 5.41 Å². The van der Waals surface area contributed by atoms with Crippen molar-refractivity contribution in [3.63, 3.8) is 0 Å². The summed E-state index contributed by atoms with van der Waals surface area (Å²) in [6.45, 7) is 2.24. The standard InChI is InChI=1S/C14H20ClN3/c15-12-4-5-13(17-16-12)18-10-8-14(9-11-18)6-2-1-3-7-14/h4-5H,1-3,6-11H2. The van der Waals surface area contributed by atoms with Gasteiger partial charge in [0.1, 0.15) is 0 Å². The Morgan fingerprint density at radius 3 is 2.28 bits per heavy atom. The van der Waals surface area contributed by atoms with Gasteiger partial charge >= 0.3 is 0 Å². The number of rotatable bonds is 1. The van der Waals surface area contributed by atoms with E-state index in [-0.39, 0.29) is 0 Å². The monoisotopic (exact) mass is 265 g/mol. The molecule has 0 aromatic carbocycles. The molecule has 3 rings (SSSR count). The first-order valence-corrected chi connectivity index (χ1v) is 7.40. The molecule has 1 aliphatic carbocycles. The molecule has 2 aliphatic rings. The van der Waals surface area contributed by atoms with Crippen LogP contribution in [0.4, 0.5) is 5.82 Å². The van der Waals surface area contributed by atoms with Crippen molar-refractivity contribution in [1.82, 2.24) is 10.2 Å². The summed E-state index contributed by atoms with van der Waals surface area (Å²) < 4.78 is 0. The molecule has 0 bridgehead atoms. The topological polar surface area (TPSA) is 29.0 Å². The van der Waals surface area contributed by atoms with E-state index >= 15 is 0 Å². The van der Waals surface area contributed by atoms with Gasteiger partial charge in [-0.15, -0.1) is 10.2 Å². The smallest absolute Gasteiger partial charge is 0.151 e. The van der Waals surface area contributed by atoms with E-state index < -0.39 is 0 Å². The number of piperidine rings is 1. The lowest BCUT2D eigenvalue weighted by Crippen LogP contribution is -2.41. The second kappa shape index (κ2) is 5.04. The molecule has 0 amide bonds. The number of nitrogens with zero attached hydrogens (tertiary/aromatic N) is 3. The number of aromatic nitrogens is 2. The summed E-state index contributed by atoms with van der Waals surface area (Å²) in [7, 11) is 0. The lowest BCUT2D eigenvalue weighted by molar-refractivity contribution is 0.144. The Bertz CT molecular complexity index is 388. The summed E-state index contributed by atoms with van der Waals surface area (Å²) in [4.78, 5) is 2.35. The summed E-state index contributed by atoms with van der Waals surface area (Å²) >= 11 is 5.78. The van der Waals surface area contributed by atoms with Crippen molar-refractivity contribution >= 4 is 17.4 Å². The molecule has 2 fully saturated rings. The van der Waals surface area contributed by atoms with Crippen molar-refractivity contribution in [2.24, 2.45) is 5.41 Å². The average molecular weight is 266 g/mol. The van der Waals surface area contributed by atoms with Gasteiger partial charge in [0.25, 0.3) is 0 Å². The SMILES string of the molecule is Clc1ccc(N2CCC3(CCCCC3)CC2)nn1. The van der Waals surface area contributed by atoms with Crippen LogP contribution < -0.4 is 4.90 Å². The van der Waals surface area contributed by atoms with Gasteiger partial charge in [0.05, 0.1) is 0 Å². The van der Waals surface area contributed by atoms with Gasteiger partial charge in [-0.1, -0.05) is 30.9 Å². The van der Waals surface area contributed by atoms with Gasteiger partial charge in [0.15, 0.2) is 11.0 Å². The predicted molar refractivity (Wildman–Crippen MR) is 74.0 cm³/mol. The number of hydrogen-bond donors (Lipinski definition) is 0. The molecule has 3 nitrogen and oxygen atoms in total. The minimum absolute atomic E-state index is 0.472. The van der Waals surface area contributed by atoms with Crippen LogP contribution in [0.3, 0.4) is 0 Å².